The van der Waals surface area contributed by atoms with E-state index in [2.05, 4.69) is 32.1 Å². The number of pyridine rings is 1. The molecule has 110 valence electrons. The lowest BCUT2D eigenvalue weighted by molar-refractivity contribution is 0.436. The van der Waals surface area contributed by atoms with Crippen LogP contribution in [0.3, 0.4) is 0 Å². The Morgan fingerprint density at radius 2 is 2.05 bits per heavy atom. The van der Waals surface area contributed by atoms with Gasteiger partial charge in [-0.2, -0.15) is 0 Å². The number of nitrogens with zero attached hydrogens (tertiary/aromatic N) is 4. The van der Waals surface area contributed by atoms with Gasteiger partial charge >= 0.3 is 0 Å². The largest absolute Gasteiger partial charge is 0.364 e. The fraction of sp³-hybridized carbons (Fsp3) is 0.438. The van der Waals surface area contributed by atoms with E-state index in [1.54, 1.807) is 12.5 Å². The zero-order valence-electron chi connectivity index (χ0n) is 12.4. The van der Waals surface area contributed by atoms with Gasteiger partial charge in [-0.15, -0.1) is 0 Å². The monoisotopic (exact) mass is 283 g/mol. The van der Waals surface area contributed by atoms with Crippen LogP contribution in [0.15, 0.2) is 36.8 Å². The van der Waals surface area contributed by atoms with Crippen LogP contribution in [0.1, 0.15) is 25.5 Å². The van der Waals surface area contributed by atoms with Crippen molar-refractivity contribution < 1.29 is 0 Å². The molecule has 2 aromatic rings. The number of aromatic nitrogens is 3. The average molecular weight is 283 g/mol. The van der Waals surface area contributed by atoms with Crippen LogP contribution in [-0.4, -0.2) is 28.0 Å². The van der Waals surface area contributed by atoms with Crippen molar-refractivity contribution in [3.8, 4) is 0 Å². The third kappa shape index (κ3) is 3.68. The molecule has 1 aliphatic rings. The van der Waals surface area contributed by atoms with Crippen LogP contribution < -0.4 is 10.2 Å². The summed E-state index contributed by atoms with van der Waals surface area (Å²) in [5, 5.41) is 3.31. The summed E-state index contributed by atoms with van der Waals surface area (Å²) in [6.45, 7) is 5.15. The predicted molar refractivity (Wildman–Crippen MR) is 84.2 cm³/mol. The van der Waals surface area contributed by atoms with Gasteiger partial charge in [-0.25, -0.2) is 9.97 Å². The van der Waals surface area contributed by atoms with E-state index in [-0.39, 0.29) is 0 Å². The van der Waals surface area contributed by atoms with Crippen LogP contribution in [0.5, 0.6) is 0 Å². The van der Waals surface area contributed by atoms with E-state index in [9.17, 15) is 0 Å². The van der Waals surface area contributed by atoms with Crippen LogP contribution in [-0.2, 0) is 6.54 Å². The van der Waals surface area contributed by atoms with Crippen molar-refractivity contribution in [1.29, 1.82) is 0 Å². The van der Waals surface area contributed by atoms with Crippen molar-refractivity contribution >= 4 is 11.6 Å². The van der Waals surface area contributed by atoms with Gasteiger partial charge in [-0.05, 0) is 30.9 Å². The predicted octanol–water partition coefficient (Wildman–Crippen LogP) is 2.72. The van der Waals surface area contributed by atoms with Gasteiger partial charge in [0.15, 0.2) is 0 Å². The number of anilines is 2. The molecule has 5 nitrogen and oxygen atoms in total. The summed E-state index contributed by atoms with van der Waals surface area (Å²) in [6, 6.07) is 7.94. The lowest BCUT2D eigenvalue weighted by Gasteiger charge is -2.31. The minimum Gasteiger partial charge on any atom is -0.364 e. The van der Waals surface area contributed by atoms with Crippen LogP contribution in [0.4, 0.5) is 11.6 Å². The summed E-state index contributed by atoms with van der Waals surface area (Å²) in [5.74, 6) is 2.69. The van der Waals surface area contributed by atoms with Crippen molar-refractivity contribution in [3.05, 3.63) is 42.5 Å². The Balaban J connectivity index is 1.63. The van der Waals surface area contributed by atoms with Gasteiger partial charge in [0, 0.05) is 25.4 Å². The highest BCUT2D eigenvalue weighted by Gasteiger charge is 2.17. The maximum absolute atomic E-state index is 4.40. The molecule has 3 rings (SSSR count). The number of hydrogen-bond acceptors (Lipinski definition) is 5. The normalized spacial score (nSPS) is 16.0. The lowest BCUT2D eigenvalue weighted by Crippen LogP contribution is -2.33. The first kappa shape index (κ1) is 13.8. The van der Waals surface area contributed by atoms with E-state index in [0.29, 0.717) is 6.54 Å². The maximum atomic E-state index is 4.40. The third-order valence-electron chi connectivity index (χ3n) is 3.94. The van der Waals surface area contributed by atoms with Crippen molar-refractivity contribution in [2.75, 3.05) is 23.3 Å². The summed E-state index contributed by atoms with van der Waals surface area (Å²) in [5.41, 5.74) is 1.00. The van der Waals surface area contributed by atoms with E-state index in [1.807, 2.05) is 24.3 Å². The molecular formula is C16H21N5. The molecule has 21 heavy (non-hydrogen) atoms. The number of rotatable bonds is 4. The van der Waals surface area contributed by atoms with Crippen LogP contribution in [0, 0.1) is 5.92 Å². The zero-order chi connectivity index (χ0) is 14.5. The van der Waals surface area contributed by atoms with Crippen molar-refractivity contribution in [1.82, 2.24) is 15.0 Å². The minimum atomic E-state index is 0.675. The number of nitrogens with one attached hydrogen (secondary N) is 1. The second-order valence-corrected chi connectivity index (χ2v) is 5.61. The summed E-state index contributed by atoms with van der Waals surface area (Å²) in [4.78, 5) is 15.3. The van der Waals surface area contributed by atoms with E-state index in [0.717, 1.165) is 36.3 Å². The molecule has 1 N–H and O–H groups in total. The Labute approximate surface area is 125 Å². The Morgan fingerprint density at radius 3 is 2.81 bits per heavy atom. The van der Waals surface area contributed by atoms with E-state index in [4.69, 9.17) is 0 Å². The second-order valence-electron chi connectivity index (χ2n) is 5.61. The van der Waals surface area contributed by atoms with Gasteiger partial charge < -0.3 is 10.2 Å². The highest BCUT2D eigenvalue weighted by Crippen LogP contribution is 2.22. The molecule has 0 amide bonds. The highest BCUT2D eigenvalue weighted by molar-refractivity contribution is 5.48. The molecule has 3 heterocycles. The number of hydrogen-bond donors (Lipinski definition) is 1. The molecule has 0 aliphatic carbocycles. The van der Waals surface area contributed by atoms with Crippen LogP contribution >= 0.6 is 0 Å². The van der Waals surface area contributed by atoms with Crippen LogP contribution in [0.2, 0.25) is 0 Å². The van der Waals surface area contributed by atoms with Gasteiger partial charge in [-0.1, -0.05) is 13.0 Å². The summed E-state index contributed by atoms with van der Waals surface area (Å²) < 4.78 is 0. The fourth-order valence-corrected chi connectivity index (χ4v) is 2.54. The molecule has 5 heteroatoms. The highest BCUT2D eigenvalue weighted by atomic mass is 15.2. The number of piperidine rings is 1. The molecular weight excluding hydrogens is 262 g/mol. The van der Waals surface area contributed by atoms with Crippen molar-refractivity contribution in [3.63, 3.8) is 0 Å². The third-order valence-corrected chi connectivity index (χ3v) is 3.94. The van der Waals surface area contributed by atoms with Crippen molar-refractivity contribution in [2.45, 2.75) is 26.3 Å². The fourth-order valence-electron chi connectivity index (χ4n) is 2.54. The summed E-state index contributed by atoms with van der Waals surface area (Å²) in [6.07, 6.45) is 5.91. The van der Waals surface area contributed by atoms with Crippen LogP contribution in [0.25, 0.3) is 0 Å². The first-order valence-electron chi connectivity index (χ1n) is 7.52. The molecule has 0 spiro atoms. The Morgan fingerprint density at radius 1 is 1.19 bits per heavy atom. The standard InChI is InChI=1S/C16H21N5/c1-13-5-8-21(9-6-13)16-10-15(19-12-20-16)18-11-14-4-2-3-7-17-14/h2-4,7,10,12-13H,5-6,8-9,11H2,1H3,(H,18,19,20). The van der Waals surface area contributed by atoms with Gasteiger partial charge in [0.1, 0.15) is 18.0 Å². The Hall–Kier alpha value is -2.17. The molecule has 0 radical (unpaired) electrons. The summed E-state index contributed by atoms with van der Waals surface area (Å²) >= 11 is 0. The SMILES string of the molecule is CC1CCN(c2cc(NCc3ccccn3)ncn2)CC1. The Kier molecular flexibility index (Phi) is 4.28. The Bertz CT molecular complexity index is 564. The topological polar surface area (TPSA) is 53.9 Å². The molecule has 2 aromatic heterocycles. The summed E-state index contributed by atoms with van der Waals surface area (Å²) in [7, 11) is 0. The molecule has 0 bridgehead atoms. The first-order chi connectivity index (χ1) is 10.3. The quantitative estimate of drug-likeness (QED) is 0.935. The van der Waals surface area contributed by atoms with Gasteiger partial charge in [0.2, 0.25) is 0 Å². The molecule has 0 aromatic carbocycles. The van der Waals surface area contributed by atoms with Crippen molar-refractivity contribution in [2.24, 2.45) is 5.92 Å². The smallest absolute Gasteiger partial charge is 0.134 e. The molecule has 0 saturated carbocycles. The second kappa shape index (κ2) is 6.52. The van der Waals surface area contributed by atoms with Gasteiger partial charge in [0.05, 0.1) is 12.2 Å². The average Bonchev–Trinajstić information content (AvgIpc) is 2.55. The minimum absolute atomic E-state index is 0.675. The van der Waals surface area contributed by atoms with E-state index in [1.165, 1.54) is 12.8 Å². The molecule has 1 fully saturated rings. The van der Waals surface area contributed by atoms with E-state index < -0.39 is 0 Å². The lowest BCUT2D eigenvalue weighted by atomic mass is 9.99. The maximum Gasteiger partial charge on any atom is 0.134 e. The zero-order valence-corrected chi connectivity index (χ0v) is 12.4. The molecule has 1 saturated heterocycles. The van der Waals surface area contributed by atoms with Gasteiger partial charge in [-0.3, -0.25) is 4.98 Å². The molecule has 0 unspecified atom stereocenters. The van der Waals surface area contributed by atoms with E-state index >= 15 is 0 Å². The van der Waals surface area contributed by atoms with Gasteiger partial charge in [0.25, 0.3) is 0 Å². The first-order valence-corrected chi connectivity index (χ1v) is 7.52. The molecule has 1 aliphatic heterocycles. The molecule has 0 atom stereocenters.